The van der Waals surface area contributed by atoms with Gasteiger partial charge in [-0.25, -0.2) is 4.79 Å². The van der Waals surface area contributed by atoms with E-state index in [4.69, 9.17) is 16.3 Å². The molecule has 0 spiro atoms. The number of ether oxygens (including phenoxy) is 1. The first-order valence-corrected chi connectivity index (χ1v) is 13.3. The van der Waals surface area contributed by atoms with Crippen molar-refractivity contribution >= 4 is 76.1 Å². The fourth-order valence-electron chi connectivity index (χ4n) is 5.02. The van der Waals surface area contributed by atoms with Gasteiger partial charge in [-0.2, -0.15) is 0 Å². The van der Waals surface area contributed by atoms with Crippen molar-refractivity contribution in [1.29, 1.82) is 0 Å². The molecule has 3 aliphatic rings. The van der Waals surface area contributed by atoms with Crippen molar-refractivity contribution in [1.82, 2.24) is 15.2 Å². The second-order valence-electron chi connectivity index (χ2n) is 9.19. The standard InChI is InChI=1S/C25H25ClN4O6S.ClH/c1-13(31)36-11-15-12-37-24-20(23(33)30(24)21(15)25(34)35)28-22(32)14-5-8-29(9-6-14)19-4-7-27-18-10-16(26)2-3-17(18)19;/h2-4,7,10,14,20,24H,5-6,8-9,11-12H2,1H3,(H,28,32)(H,34,35);1H/t20-,24-;/m1./s1. The highest BCUT2D eigenvalue weighted by atomic mass is 35.5. The molecule has 0 saturated carbocycles. The molecule has 2 aromatic rings. The number of anilines is 1. The average Bonchev–Trinajstić information content (AvgIpc) is 2.89. The number of hydrogen-bond acceptors (Lipinski definition) is 8. The number of nitrogens with zero attached hydrogens (tertiary/aromatic N) is 3. The van der Waals surface area contributed by atoms with Crippen LogP contribution in [0.5, 0.6) is 0 Å². The number of carbonyl (C=O) groups is 4. The number of amides is 2. The molecule has 0 unspecified atom stereocenters. The highest BCUT2D eigenvalue weighted by molar-refractivity contribution is 8.00. The van der Waals surface area contributed by atoms with Gasteiger partial charge in [0.1, 0.15) is 23.7 Å². The van der Waals surface area contributed by atoms with Crippen molar-refractivity contribution in [2.45, 2.75) is 31.2 Å². The summed E-state index contributed by atoms with van der Waals surface area (Å²) >= 11 is 7.45. The molecule has 202 valence electrons. The minimum atomic E-state index is -1.26. The molecular weight excluding hydrogens is 555 g/mol. The van der Waals surface area contributed by atoms with Crippen molar-refractivity contribution in [3.05, 3.63) is 46.8 Å². The number of aromatic nitrogens is 1. The minimum Gasteiger partial charge on any atom is -0.477 e. The van der Waals surface area contributed by atoms with Gasteiger partial charge in [0.15, 0.2) is 0 Å². The summed E-state index contributed by atoms with van der Waals surface area (Å²) in [6.07, 6.45) is 3.00. The molecule has 0 aliphatic carbocycles. The lowest BCUT2D eigenvalue weighted by Gasteiger charge is -2.49. The second kappa shape index (κ2) is 11.4. The molecule has 38 heavy (non-hydrogen) atoms. The zero-order valence-corrected chi connectivity index (χ0v) is 22.8. The number of nitrogens with one attached hydrogen (secondary N) is 1. The van der Waals surface area contributed by atoms with E-state index >= 15 is 0 Å². The molecule has 2 N–H and O–H groups in total. The number of benzene rings is 1. The molecule has 2 saturated heterocycles. The summed E-state index contributed by atoms with van der Waals surface area (Å²) in [5.74, 6) is -2.41. The van der Waals surface area contributed by atoms with Gasteiger partial charge in [-0.05, 0) is 37.1 Å². The molecule has 2 fully saturated rings. The van der Waals surface area contributed by atoms with E-state index in [-0.39, 0.29) is 36.5 Å². The number of fused-ring (bicyclic) bond motifs is 2. The van der Waals surface area contributed by atoms with Crippen molar-refractivity contribution in [2.75, 3.05) is 30.3 Å². The van der Waals surface area contributed by atoms with Gasteiger partial charge in [0.25, 0.3) is 5.91 Å². The number of carboxylic acids is 1. The van der Waals surface area contributed by atoms with Crippen LogP contribution in [-0.4, -0.2) is 75.6 Å². The van der Waals surface area contributed by atoms with Gasteiger partial charge in [-0.15, -0.1) is 24.2 Å². The number of esters is 1. The molecule has 2 amide bonds. The highest BCUT2D eigenvalue weighted by Crippen LogP contribution is 2.40. The predicted octanol–water partition coefficient (Wildman–Crippen LogP) is 2.83. The summed E-state index contributed by atoms with van der Waals surface area (Å²) in [7, 11) is 0. The lowest BCUT2D eigenvalue weighted by Crippen LogP contribution is -2.71. The van der Waals surface area contributed by atoms with Gasteiger partial charge >= 0.3 is 11.9 Å². The Kier molecular flexibility index (Phi) is 8.39. The predicted molar refractivity (Wildman–Crippen MR) is 145 cm³/mol. The Balaban J connectivity index is 0.00000336. The van der Waals surface area contributed by atoms with Crippen molar-refractivity contribution < 1.29 is 29.0 Å². The van der Waals surface area contributed by atoms with Gasteiger partial charge < -0.3 is 20.1 Å². The van der Waals surface area contributed by atoms with Crippen LogP contribution in [0.3, 0.4) is 0 Å². The molecule has 1 aromatic heterocycles. The van der Waals surface area contributed by atoms with Crippen LogP contribution in [0.25, 0.3) is 10.9 Å². The quantitative estimate of drug-likeness (QED) is 0.391. The third-order valence-corrected chi connectivity index (χ3v) is 8.46. The molecule has 1 aromatic carbocycles. The van der Waals surface area contributed by atoms with Crippen molar-refractivity contribution in [3.8, 4) is 0 Å². The number of β-lactam (4-membered cyclic amide) rings is 1. The molecule has 4 heterocycles. The highest BCUT2D eigenvalue weighted by Gasteiger charge is 2.54. The molecule has 2 atom stereocenters. The number of pyridine rings is 1. The maximum Gasteiger partial charge on any atom is 0.352 e. The van der Waals surface area contributed by atoms with E-state index in [1.54, 1.807) is 6.20 Å². The normalized spacial score (nSPS) is 21.4. The van der Waals surface area contributed by atoms with Crippen LogP contribution < -0.4 is 10.2 Å². The molecule has 0 radical (unpaired) electrons. The maximum absolute atomic E-state index is 13.1. The van der Waals surface area contributed by atoms with Gasteiger partial charge in [0, 0.05) is 59.6 Å². The molecular formula is C25H26Cl2N4O6S. The van der Waals surface area contributed by atoms with Crippen molar-refractivity contribution in [3.63, 3.8) is 0 Å². The van der Waals surface area contributed by atoms with Crippen LogP contribution in [0.1, 0.15) is 19.8 Å². The topological polar surface area (TPSA) is 129 Å². The van der Waals surface area contributed by atoms with E-state index in [0.29, 0.717) is 42.3 Å². The Labute approximate surface area is 234 Å². The number of carboxylic acid groups (broad SMARTS) is 1. The van der Waals surface area contributed by atoms with E-state index in [9.17, 15) is 24.3 Å². The zero-order chi connectivity index (χ0) is 26.3. The summed E-state index contributed by atoms with van der Waals surface area (Å²) in [6, 6.07) is 6.79. The molecule has 0 bridgehead atoms. The average molecular weight is 581 g/mol. The number of hydrogen-bond donors (Lipinski definition) is 2. The fraction of sp³-hybridized carbons (Fsp3) is 0.400. The van der Waals surface area contributed by atoms with E-state index in [1.165, 1.54) is 23.6 Å². The van der Waals surface area contributed by atoms with Crippen LogP contribution in [0.4, 0.5) is 5.69 Å². The third-order valence-electron chi connectivity index (χ3n) is 6.89. The van der Waals surface area contributed by atoms with E-state index in [1.807, 2.05) is 24.3 Å². The third kappa shape index (κ3) is 5.27. The van der Waals surface area contributed by atoms with E-state index < -0.39 is 29.3 Å². The summed E-state index contributed by atoms with van der Waals surface area (Å²) in [6.45, 7) is 2.40. The van der Waals surface area contributed by atoms with Gasteiger partial charge in [-0.3, -0.25) is 24.3 Å². The number of halogens is 2. The first kappa shape index (κ1) is 28.0. The van der Waals surface area contributed by atoms with Crippen LogP contribution in [0.15, 0.2) is 41.7 Å². The number of carbonyl (C=O) groups excluding carboxylic acids is 3. The molecule has 13 heteroatoms. The summed E-state index contributed by atoms with van der Waals surface area (Å²) in [5, 5.41) is 13.7. The lowest BCUT2D eigenvalue weighted by molar-refractivity contribution is -0.151. The van der Waals surface area contributed by atoms with E-state index in [2.05, 4.69) is 15.2 Å². The van der Waals surface area contributed by atoms with Crippen LogP contribution in [-0.2, 0) is 23.9 Å². The Bertz CT molecular complexity index is 1330. The Hall–Kier alpha value is -3.02. The number of rotatable bonds is 6. The fourth-order valence-corrected chi connectivity index (χ4v) is 6.51. The maximum atomic E-state index is 13.1. The zero-order valence-electron chi connectivity index (χ0n) is 20.4. The van der Waals surface area contributed by atoms with Gasteiger partial charge in [0.2, 0.25) is 5.91 Å². The Morgan fingerprint density at radius 3 is 2.66 bits per heavy atom. The number of thioether (sulfide) groups is 1. The molecule has 5 rings (SSSR count). The van der Waals surface area contributed by atoms with Gasteiger partial charge in [-0.1, -0.05) is 11.6 Å². The first-order valence-electron chi connectivity index (χ1n) is 11.9. The second-order valence-corrected chi connectivity index (χ2v) is 10.7. The smallest absolute Gasteiger partial charge is 0.352 e. The first-order chi connectivity index (χ1) is 17.7. The summed E-state index contributed by atoms with van der Waals surface area (Å²) in [4.78, 5) is 56.7. The van der Waals surface area contributed by atoms with Gasteiger partial charge in [0.05, 0.1) is 5.52 Å². The lowest BCUT2D eigenvalue weighted by atomic mass is 9.94. The summed E-state index contributed by atoms with van der Waals surface area (Å²) in [5.41, 5.74) is 2.05. The van der Waals surface area contributed by atoms with Crippen LogP contribution in [0, 0.1) is 5.92 Å². The minimum absolute atomic E-state index is 0. The van der Waals surface area contributed by atoms with Crippen LogP contribution in [0.2, 0.25) is 5.02 Å². The number of piperidine rings is 1. The Morgan fingerprint density at radius 1 is 1.24 bits per heavy atom. The molecule has 3 aliphatic heterocycles. The monoisotopic (exact) mass is 580 g/mol. The SMILES string of the molecule is CC(=O)OCC1=C(C(=O)O)N2C(=O)[C@@H](NC(=O)C3CCN(c4ccnc5cc(Cl)ccc45)CC3)[C@H]2SC1.Cl. The largest absolute Gasteiger partial charge is 0.477 e. The summed E-state index contributed by atoms with van der Waals surface area (Å²) < 4.78 is 4.95. The van der Waals surface area contributed by atoms with Crippen LogP contribution >= 0.6 is 35.8 Å². The van der Waals surface area contributed by atoms with Crippen molar-refractivity contribution in [2.24, 2.45) is 5.92 Å². The number of aliphatic carboxylic acids is 1. The Morgan fingerprint density at radius 2 is 1.97 bits per heavy atom. The molecule has 10 nitrogen and oxygen atoms in total. The van der Waals surface area contributed by atoms with E-state index in [0.717, 1.165) is 16.6 Å².